The third-order valence-electron chi connectivity index (χ3n) is 4.63. The van der Waals surface area contributed by atoms with E-state index in [9.17, 15) is 0 Å². The van der Waals surface area contributed by atoms with E-state index in [2.05, 4.69) is 28.3 Å². The van der Waals surface area contributed by atoms with Crippen molar-refractivity contribution in [1.29, 1.82) is 0 Å². The fourth-order valence-corrected chi connectivity index (χ4v) is 3.35. The highest BCUT2D eigenvalue weighted by Gasteiger charge is 2.35. The molecular formula is C18H19N3O. The number of hydrogen-bond acceptors (Lipinski definition) is 4. The van der Waals surface area contributed by atoms with Crippen molar-refractivity contribution in [2.24, 2.45) is 5.73 Å². The first-order valence-corrected chi connectivity index (χ1v) is 7.87. The highest BCUT2D eigenvalue weighted by atomic mass is 16.5. The molecule has 0 aliphatic heterocycles. The molecule has 3 aromatic rings. The van der Waals surface area contributed by atoms with Crippen molar-refractivity contribution in [3.63, 3.8) is 0 Å². The Kier molecular flexibility index (Phi) is 3.19. The monoisotopic (exact) mass is 293 g/mol. The lowest BCUT2D eigenvalue weighted by Crippen LogP contribution is -2.38. The quantitative estimate of drug-likeness (QED) is 0.775. The minimum atomic E-state index is -0.450. The highest BCUT2D eigenvalue weighted by Crippen LogP contribution is 2.35. The van der Waals surface area contributed by atoms with Gasteiger partial charge in [-0.25, -0.2) is 0 Å². The smallest absolute Gasteiger partial charge is 0.247 e. The van der Waals surface area contributed by atoms with Crippen molar-refractivity contribution in [2.75, 3.05) is 0 Å². The number of nitrogens with zero attached hydrogens (tertiary/aromatic N) is 2. The Labute approximate surface area is 129 Å². The zero-order chi connectivity index (χ0) is 15.0. The van der Waals surface area contributed by atoms with Crippen LogP contribution in [0.25, 0.3) is 22.2 Å². The average molecular weight is 293 g/mol. The molecule has 0 bridgehead atoms. The number of fused-ring (bicyclic) bond motifs is 1. The van der Waals surface area contributed by atoms with Gasteiger partial charge in [-0.1, -0.05) is 66.9 Å². The summed E-state index contributed by atoms with van der Waals surface area (Å²) in [5, 5.41) is 6.50. The van der Waals surface area contributed by atoms with Gasteiger partial charge in [0.05, 0.1) is 5.54 Å². The molecule has 1 heterocycles. The third kappa shape index (κ3) is 2.20. The molecule has 2 N–H and O–H groups in total. The molecular weight excluding hydrogens is 274 g/mol. The predicted molar refractivity (Wildman–Crippen MR) is 86.2 cm³/mol. The van der Waals surface area contributed by atoms with E-state index in [0.717, 1.165) is 36.6 Å². The second kappa shape index (κ2) is 5.21. The number of aromatic nitrogens is 2. The Morgan fingerprint density at radius 2 is 1.73 bits per heavy atom. The van der Waals surface area contributed by atoms with Gasteiger partial charge in [0.15, 0.2) is 0 Å². The Bertz CT molecular complexity index is 797. The van der Waals surface area contributed by atoms with E-state index in [1.165, 1.54) is 11.8 Å². The summed E-state index contributed by atoms with van der Waals surface area (Å²) in [5.41, 5.74) is 7.03. The largest absolute Gasteiger partial charge is 0.337 e. The summed E-state index contributed by atoms with van der Waals surface area (Å²) in [7, 11) is 0. The first kappa shape index (κ1) is 13.5. The van der Waals surface area contributed by atoms with Crippen LogP contribution in [0.3, 0.4) is 0 Å². The summed E-state index contributed by atoms with van der Waals surface area (Å²) >= 11 is 0. The van der Waals surface area contributed by atoms with Gasteiger partial charge in [-0.05, 0) is 23.6 Å². The van der Waals surface area contributed by atoms with Crippen LogP contribution in [0, 0.1) is 0 Å². The molecule has 2 aromatic carbocycles. The molecule has 0 spiro atoms. The van der Waals surface area contributed by atoms with Crippen molar-refractivity contribution in [3.8, 4) is 11.4 Å². The molecule has 0 amide bonds. The van der Waals surface area contributed by atoms with Crippen LogP contribution < -0.4 is 5.73 Å². The number of benzene rings is 2. The lowest BCUT2D eigenvalue weighted by molar-refractivity contribution is 0.220. The van der Waals surface area contributed by atoms with Crippen LogP contribution in [0.1, 0.15) is 38.0 Å². The molecule has 1 aliphatic carbocycles. The fraction of sp³-hybridized carbons (Fsp3) is 0.333. The molecule has 1 fully saturated rings. The molecule has 4 rings (SSSR count). The van der Waals surface area contributed by atoms with E-state index in [4.69, 9.17) is 10.3 Å². The highest BCUT2D eigenvalue weighted by molar-refractivity contribution is 5.94. The van der Waals surface area contributed by atoms with Crippen LogP contribution in [0.5, 0.6) is 0 Å². The molecule has 0 saturated heterocycles. The number of rotatable bonds is 2. The minimum absolute atomic E-state index is 0.450. The third-order valence-corrected chi connectivity index (χ3v) is 4.63. The maximum Gasteiger partial charge on any atom is 0.247 e. The maximum absolute atomic E-state index is 6.49. The average Bonchev–Trinajstić information content (AvgIpc) is 3.06. The minimum Gasteiger partial charge on any atom is -0.337 e. The van der Waals surface area contributed by atoms with Crippen LogP contribution in [0.2, 0.25) is 0 Å². The normalized spacial score (nSPS) is 17.7. The van der Waals surface area contributed by atoms with Crippen molar-refractivity contribution < 1.29 is 4.52 Å². The summed E-state index contributed by atoms with van der Waals surface area (Å²) in [4.78, 5) is 4.62. The summed E-state index contributed by atoms with van der Waals surface area (Å²) in [5.74, 6) is 1.21. The van der Waals surface area contributed by atoms with Gasteiger partial charge in [-0.2, -0.15) is 4.98 Å². The predicted octanol–water partition coefficient (Wildman–Crippen LogP) is 4.01. The molecule has 22 heavy (non-hydrogen) atoms. The lowest BCUT2D eigenvalue weighted by Gasteiger charge is -2.29. The van der Waals surface area contributed by atoms with Gasteiger partial charge in [0.25, 0.3) is 0 Å². The van der Waals surface area contributed by atoms with Crippen LogP contribution >= 0.6 is 0 Å². The van der Waals surface area contributed by atoms with E-state index in [1.807, 2.05) is 24.3 Å². The molecule has 0 unspecified atom stereocenters. The molecule has 0 radical (unpaired) electrons. The first-order chi connectivity index (χ1) is 10.8. The fourth-order valence-electron chi connectivity index (χ4n) is 3.35. The first-order valence-electron chi connectivity index (χ1n) is 7.87. The molecule has 0 atom stereocenters. The van der Waals surface area contributed by atoms with E-state index >= 15 is 0 Å². The van der Waals surface area contributed by atoms with Gasteiger partial charge in [-0.3, -0.25) is 0 Å². The Morgan fingerprint density at radius 3 is 2.59 bits per heavy atom. The zero-order valence-electron chi connectivity index (χ0n) is 12.5. The van der Waals surface area contributed by atoms with Gasteiger partial charge in [0.2, 0.25) is 11.7 Å². The van der Waals surface area contributed by atoms with Crippen LogP contribution in [-0.2, 0) is 5.54 Å². The van der Waals surface area contributed by atoms with Crippen molar-refractivity contribution >= 4 is 10.8 Å². The molecule has 4 heteroatoms. The zero-order valence-corrected chi connectivity index (χ0v) is 12.5. The maximum atomic E-state index is 6.49. The van der Waals surface area contributed by atoms with E-state index in [0.29, 0.717) is 11.7 Å². The second-order valence-electron chi connectivity index (χ2n) is 6.17. The topological polar surface area (TPSA) is 64.9 Å². The van der Waals surface area contributed by atoms with Gasteiger partial charge in [0.1, 0.15) is 0 Å². The van der Waals surface area contributed by atoms with E-state index in [-0.39, 0.29) is 0 Å². The van der Waals surface area contributed by atoms with Crippen LogP contribution in [-0.4, -0.2) is 10.1 Å². The van der Waals surface area contributed by atoms with Crippen LogP contribution in [0.4, 0.5) is 0 Å². The van der Waals surface area contributed by atoms with Gasteiger partial charge in [0, 0.05) is 5.56 Å². The molecule has 1 saturated carbocycles. The second-order valence-corrected chi connectivity index (χ2v) is 6.17. The molecule has 112 valence electrons. The van der Waals surface area contributed by atoms with Crippen molar-refractivity contribution in [2.45, 2.75) is 37.6 Å². The summed E-state index contributed by atoms with van der Waals surface area (Å²) < 4.78 is 5.52. The molecule has 4 nitrogen and oxygen atoms in total. The van der Waals surface area contributed by atoms with E-state index in [1.54, 1.807) is 0 Å². The van der Waals surface area contributed by atoms with Gasteiger partial charge >= 0.3 is 0 Å². The van der Waals surface area contributed by atoms with Crippen LogP contribution in [0.15, 0.2) is 47.0 Å². The Morgan fingerprint density at radius 1 is 0.955 bits per heavy atom. The summed E-state index contributed by atoms with van der Waals surface area (Å²) in [6.07, 6.45) is 5.34. The Balaban J connectivity index is 1.77. The number of hydrogen-bond donors (Lipinski definition) is 1. The summed E-state index contributed by atoms with van der Waals surface area (Å²) in [6, 6.07) is 14.4. The SMILES string of the molecule is NC1(c2nc(-c3cccc4ccccc34)no2)CCCCC1. The Hall–Kier alpha value is -2.20. The summed E-state index contributed by atoms with van der Waals surface area (Å²) in [6.45, 7) is 0. The number of nitrogens with two attached hydrogens (primary N) is 1. The van der Waals surface area contributed by atoms with Gasteiger partial charge in [-0.15, -0.1) is 0 Å². The van der Waals surface area contributed by atoms with Crippen molar-refractivity contribution in [3.05, 3.63) is 48.4 Å². The van der Waals surface area contributed by atoms with E-state index < -0.39 is 5.54 Å². The lowest BCUT2D eigenvalue weighted by atomic mass is 9.82. The standard InChI is InChI=1S/C18H19N3O/c19-18(11-4-1-5-12-18)17-20-16(21-22-17)15-10-6-8-13-7-2-3-9-14(13)15/h2-3,6-10H,1,4-5,11-12,19H2. The molecule has 1 aromatic heterocycles. The van der Waals surface area contributed by atoms with Gasteiger partial charge < -0.3 is 10.3 Å². The molecule has 1 aliphatic rings. The van der Waals surface area contributed by atoms with Crippen molar-refractivity contribution in [1.82, 2.24) is 10.1 Å².